The van der Waals surface area contributed by atoms with E-state index < -0.39 is 0 Å². The number of halogens is 1. The number of aryl methyl sites for hydroxylation is 1. The monoisotopic (exact) mass is 211 g/mol. The molecule has 0 bridgehead atoms. The summed E-state index contributed by atoms with van der Waals surface area (Å²) in [6.07, 6.45) is 0.725. The molecule has 0 heterocycles. The highest BCUT2D eigenvalue weighted by atomic mass is 19.1. The van der Waals surface area contributed by atoms with Gasteiger partial charge in [0.05, 0.1) is 6.61 Å². The summed E-state index contributed by atoms with van der Waals surface area (Å²) in [5, 5.41) is 0. The van der Waals surface area contributed by atoms with E-state index >= 15 is 0 Å². The predicted octanol–water partition coefficient (Wildman–Crippen LogP) is 2.69. The van der Waals surface area contributed by atoms with Crippen LogP contribution in [0, 0.1) is 12.7 Å². The normalized spacial score (nSPS) is 11.1. The van der Waals surface area contributed by atoms with Crippen LogP contribution in [0.15, 0.2) is 12.1 Å². The Morgan fingerprint density at radius 2 is 2.07 bits per heavy atom. The lowest BCUT2D eigenvalue weighted by Crippen LogP contribution is -2.06. The summed E-state index contributed by atoms with van der Waals surface area (Å²) in [4.78, 5) is 4.54. The zero-order valence-electron chi connectivity index (χ0n) is 9.51. The standard InChI is InChI=1S/C12H18FNO/c1-8(2)11-7-10(4-5-15-14)9(3)6-12(11)13/h6-8H,4-5,14H2,1-3H3. The van der Waals surface area contributed by atoms with Crippen molar-refractivity contribution in [1.29, 1.82) is 0 Å². The van der Waals surface area contributed by atoms with Gasteiger partial charge in [-0.3, -0.25) is 0 Å². The van der Waals surface area contributed by atoms with Crippen LogP contribution in [0.1, 0.15) is 36.5 Å². The van der Waals surface area contributed by atoms with Gasteiger partial charge in [-0.2, -0.15) is 0 Å². The van der Waals surface area contributed by atoms with E-state index in [9.17, 15) is 4.39 Å². The van der Waals surface area contributed by atoms with Crippen LogP contribution in [0.3, 0.4) is 0 Å². The average Bonchev–Trinajstić information content (AvgIpc) is 2.16. The number of nitrogens with two attached hydrogens (primary N) is 1. The molecule has 1 rings (SSSR count). The first kappa shape index (κ1) is 12.1. The van der Waals surface area contributed by atoms with E-state index in [1.165, 1.54) is 0 Å². The van der Waals surface area contributed by atoms with Gasteiger partial charge in [0.25, 0.3) is 0 Å². The van der Waals surface area contributed by atoms with Gasteiger partial charge in [0.15, 0.2) is 0 Å². The summed E-state index contributed by atoms with van der Waals surface area (Å²) in [7, 11) is 0. The zero-order valence-corrected chi connectivity index (χ0v) is 9.51. The lowest BCUT2D eigenvalue weighted by atomic mass is 9.96. The van der Waals surface area contributed by atoms with Crippen LogP contribution in [0.2, 0.25) is 0 Å². The number of hydrogen-bond donors (Lipinski definition) is 1. The Morgan fingerprint density at radius 3 is 2.60 bits per heavy atom. The molecular weight excluding hydrogens is 193 g/mol. The molecule has 0 aliphatic heterocycles. The van der Waals surface area contributed by atoms with Gasteiger partial charge in [-0.25, -0.2) is 10.3 Å². The third-order valence-electron chi connectivity index (χ3n) is 2.57. The highest BCUT2D eigenvalue weighted by Gasteiger charge is 2.10. The topological polar surface area (TPSA) is 35.2 Å². The quantitative estimate of drug-likeness (QED) is 0.777. The molecule has 0 spiro atoms. The van der Waals surface area contributed by atoms with Crippen LogP contribution in [0.4, 0.5) is 4.39 Å². The van der Waals surface area contributed by atoms with Crippen molar-refractivity contribution in [3.63, 3.8) is 0 Å². The highest BCUT2D eigenvalue weighted by molar-refractivity contribution is 5.34. The summed E-state index contributed by atoms with van der Waals surface area (Å²) in [6, 6.07) is 3.50. The minimum Gasteiger partial charge on any atom is -0.304 e. The molecule has 0 atom stereocenters. The Kier molecular flexibility index (Phi) is 4.24. The van der Waals surface area contributed by atoms with E-state index in [1.54, 1.807) is 6.07 Å². The number of hydrogen-bond acceptors (Lipinski definition) is 2. The Hall–Kier alpha value is -0.930. The molecule has 3 heteroatoms. The molecule has 0 radical (unpaired) electrons. The van der Waals surface area contributed by atoms with Gasteiger partial charge in [-0.15, -0.1) is 0 Å². The Bertz CT molecular complexity index is 337. The molecule has 84 valence electrons. The molecule has 0 unspecified atom stereocenters. The summed E-state index contributed by atoms with van der Waals surface area (Å²) < 4.78 is 13.5. The van der Waals surface area contributed by atoms with Crippen LogP contribution in [0.25, 0.3) is 0 Å². The first-order valence-electron chi connectivity index (χ1n) is 5.16. The van der Waals surface area contributed by atoms with E-state index in [-0.39, 0.29) is 11.7 Å². The van der Waals surface area contributed by atoms with Gasteiger partial charge >= 0.3 is 0 Å². The largest absolute Gasteiger partial charge is 0.304 e. The van der Waals surface area contributed by atoms with E-state index in [1.807, 2.05) is 26.8 Å². The zero-order chi connectivity index (χ0) is 11.4. The summed E-state index contributed by atoms with van der Waals surface area (Å²) in [5.74, 6) is 5.05. The number of rotatable bonds is 4. The molecule has 0 saturated carbocycles. The van der Waals surface area contributed by atoms with Crippen LogP contribution < -0.4 is 5.90 Å². The highest BCUT2D eigenvalue weighted by Crippen LogP contribution is 2.22. The maximum Gasteiger partial charge on any atom is 0.126 e. The molecule has 0 amide bonds. The molecule has 0 fully saturated rings. The second-order valence-electron chi connectivity index (χ2n) is 4.08. The van der Waals surface area contributed by atoms with Crippen molar-refractivity contribution in [2.75, 3.05) is 6.61 Å². The van der Waals surface area contributed by atoms with E-state index in [0.29, 0.717) is 6.61 Å². The minimum absolute atomic E-state index is 0.125. The first-order chi connectivity index (χ1) is 7.06. The maximum atomic E-state index is 13.5. The van der Waals surface area contributed by atoms with Crippen LogP contribution >= 0.6 is 0 Å². The fraction of sp³-hybridized carbons (Fsp3) is 0.500. The molecule has 0 aromatic heterocycles. The fourth-order valence-electron chi connectivity index (χ4n) is 1.62. The summed E-state index contributed by atoms with van der Waals surface area (Å²) >= 11 is 0. The maximum absolute atomic E-state index is 13.5. The molecule has 15 heavy (non-hydrogen) atoms. The van der Waals surface area contributed by atoms with Crippen LogP contribution in [0.5, 0.6) is 0 Å². The van der Waals surface area contributed by atoms with Crippen molar-refractivity contribution in [3.05, 3.63) is 34.6 Å². The van der Waals surface area contributed by atoms with Crippen LogP contribution in [-0.2, 0) is 11.3 Å². The lowest BCUT2D eigenvalue weighted by molar-refractivity contribution is 0.141. The molecule has 0 aliphatic rings. The summed E-state index contributed by atoms with van der Waals surface area (Å²) in [5.41, 5.74) is 2.81. The lowest BCUT2D eigenvalue weighted by Gasteiger charge is -2.12. The molecule has 0 saturated heterocycles. The van der Waals surface area contributed by atoms with Crippen molar-refractivity contribution in [2.24, 2.45) is 5.90 Å². The molecule has 1 aromatic carbocycles. The molecule has 2 N–H and O–H groups in total. The second-order valence-corrected chi connectivity index (χ2v) is 4.08. The average molecular weight is 211 g/mol. The van der Waals surface area contributed by atoms with Gasteiger partial charge in [0.2, 0.25) is 0 Å². The third-order valence-corrected chi connectivity index (χ3v) is 2.57. The Labute approximate surface area is 90.2 Å². The van der Waals surface area contributed by atoms with Crippen molar-refractivity contribution in [2.45, 2.75) is 33.1 Å². The van der Waals surface area contributed by atoms with Crippen LogP contribution in [-0.4, -0.2) is 6.61 Å². The molecule has 0 aliphatic carbocycles. The Balaban J connectivity index is 3.00. The van der Waals surface area contributed by atoms with Crippen molar-refractivity contribution in [1.82, 2.24) is 0 Å². The Morgan fingerprint density at radius 1 is 1.40 bits per heavy atom. The fourth-order valence-corrected chi connectivity index (χ4v) is 1.62. The predicted molar refractivity (Wildman–Crippen MR) is 59.1 cm³/mol. The SMILES string of the molecule is Cc1cc(F)c(C(C)C)cc1CCON. The summed E-state index contributed by atoms with van der Waals surface area (Å²) in [6.45, 7) is 6.33. The molecule has 2 nitrogen and oxygen atoms in total. The smallest absolute Gasteiger partial charge is 0.126 e. The molecular formula is C12H18FNO. The van der Waals surface area contributed by atoms with E-state index in [2.05, 4.69) is 4.84 Å². The molecule has 1 aromatic rings. The first-order valence-corrected chi connectivity index (χ1v) is 5.16. The third kappa shape index (κ3) is 3.01. The van der Waals surface area contributed by atoms with Crippen molar-refractivity contribution < 1.29 is 9.23 Å². The van der Waals surface area contributed by atoms with Gasteiger partial charge in [0.1, 0.15) is 5.82 Å². The van der Waals surface area contributed by atoms with E-state index in [0.717, 1.165) is 23.1 Å². The minimum atomic E-state index is -0.125. The van der Waals surface area contributed by atoms with Gasteiger partial charge in [-0.1, -0.05) is 19.9 Å². The van der Waals surface area contributed by atoms with E-state index in [4.69, 9.17) is 5.90 Å². The van der Waals surface area contributed by atoms with Crippen molar-refractivity contribution >= 4 is 0 Å². The van der Waals surface area contributed by atoms with Gasteiger partial charge in [-0.05, 0) is 42.0 Å². The van der Waals surface area contributed by atoms with Crippen molar-refractivity contribution in [3.8, 4) is 0 Å². The second kappa shape index (κ2) is 5.24. The number of benzene rings is 1. The van der Waals surface area contributed by atoms with Gasteiger partial charge in [0, 0.05) is 0 Å². The van der Waals surface area contributed by atoms with Gasteiger partial charge < -0.3 is 4.84 Å².